The van der Waals surface area contributed by atoms with E-state index in [-0.39, 0.29) is 5.54 Å². The predicted molar refractivity (Wildman–Crippen MR) is 61.8 cm³/mol. The van der Waals surface area contributed by atoms with Gasteiger partial charge in [0.1, 0.15) is 11.2 Å². The summed E-state index contributed by atoms with van der Waals surface area (Å²) in [5, 5.41) is 10.6. The lowest BCUT2D eigenvalue weighted by atomic mass is 10.00. The molecule has 0 spiro atoms. The van der Waals surface area contributed by atoms with Gasteiger partial charge in [-0.2, -0.15) is 5.26 Å². The summed E-state index contributed by atoms with van der Waals surface area (Å²) < 4.78 is 2.06. The number of nitrogens with zero attached hydrogens (tertiary/aromatic N) is 3. The molecule has 2 aromatic rings. The average Bonchev–Trinajstić information content (AvgIpc) is 2.96. The van der Waals surface area contributed by atoms with Crippen molar-refractivity contribution >= 4 is 11.0 Å². The largest absolute Gasteiger partial charge is 0.313 e. The molecule has 0 unspecified atom stereocenters. The number of hydrogen-bond acceptors (Lipinski definition) is 2. The second-order valence-electron chi connectivity index (χ2n) is 4.45. The van der Waals surface area contributed by atoms with Crippen molar-refractivity contribution in [2.24, 2.45) is 0 Å². The molecule has 0 atom stereocenters. The summed E-state index contributed by atoms with van der Waals surface area (Å²) in [5.41, 5.74) is 0.585. The van der Waals surface area contributed by atoms with Crippen LogP contribution in [0.25, 0.3) is 11.0 Å². The van der Waals surface area contributed by atoms with Gasteiger partial charge in [-0.15, -0.1) is 0 Å². The monoisotopic (exact) mass is 211 g/mol. The van der Waals surface area contributed by atoms with Crippen LogP contribution in [0.2, 0.25) is 0 Å². The summed E-state index contributed by atoms with van der Waals surface area (Å²) in [5.74, 6) is 0. The van der Waals surface area contributed by atoms with Gasteiger partial charge in [0.15, 0.2) is 0 Å². The molecule has 0 bridgehead atoms. The smallest absolute Gasteiger partial charge is 0.141 e. The van der Waals surface area contributed by atoms with Gasteiger partial charge in [-0.05, 0) is 43.9 Å². The Labute approximate surface area is 94.3 Å². The topological polar surface area (TPSA) is 41.6 Å². The molecule has 0 N–H and O–H groups in total. The molecule has 80 valence electrons. The first-order valence-electron chi connectivity index (χ1n) is 5.70. The lowest BCUT2D eigenvalue weighted by molar-refractivity contribution is 0.405. The zero-order chi connectivity index (χ0) is 11.0. The summed E-state index contributed by atoms with van der Waals surface area (Å²) in [6, 6.07) is 8.51. The lowest BCUT2D eigenvalue weighted by Crippen LogP contribution is -2.27. The van der Waals surface area contributed by atoms with Gasteiger partial charge in [-0.25, -0.2) is 4.98 Å². The van der Waals surface area contributed by atoms with Crippen LogP contribution in [0.1, 0.15) is 25.7 Å². The van der Waals surface area contributed by atoms with Crippen molar-refractivity contribution in [2.45, 2.75) is 31.2 Å². The maximum atomic E-state index is 9.45. The van der Waals surface area contributed by atoms with Crippen molar-refractivity contribution in [1.82, 2.24) is 9.55 Å². The second kappa shape index (κ2) is 3.34. The van der Waals surface area contributed by atoms with E-state index in [9.17, 15) is 5.26 Å². The van der Waals surface area contributed by atoms with Crippen LogP contribution in [0.5, 0.6) is 0 Å². The molecule has 3 heteroatoms. The SMILES string of the molecule is N#CC1(n2ccc3cccnc32)CCCC1. The molecule has 3 nitrogen and oxygen atoms in total. The Morgan fingerprint density at radius 1 is 1.31 bits per heavy atom. The number of fused-ring (bicyclic) bond motifs is 1. The first-order chi connectivity index (χ1) is 7.86. The fraction of sp³-hybridized carbons (Fsp3) is 0.385. The van der Waals surface area contributed by atoms with Gasteiger partial charge in [-0.3, -0.25) is 0 Å². The van der Waals surface area contributed by atoms with E-state index in [0.29, 0.717) is 0 Å². The molecule has 0 aromatic carbocycles. The molecule has 0 saturated heterocycles. The lowest BCUT2D eigenvalue weighted by Gasteiger charge is -2.23. The summed E-state index contributed by atoms with van der Waals surface area (Å²) in [4.78, 5) is 4.39. The highest BCUT2D eigenvalue weighted by molar-refractivity contribution is 5.76. The summed E-state index contributed by atoms with van der Waals surface area (Å²) in [7, 11) is 0. The number of nitriles is 1. The fourth-order valence-electron chi connectivity index (χ4n) is 2.68. The minimum atomic E-state index is -0.351. The standard InChI is InChI=1S/C13H13N3/c14-10-13(6-1-2-7-13)16-9-5-11-4-3-8-15-12(11)16/h3-5,8-9H,1-2,6-7H2. The van der Waals surface area contributed by atoms with E-state index in [1.165, 1.54) is 0 Å². The van der Waals surface area contributed by atoms with E-state index < -0.39 is 0 Å². The molecule has 0 aliphatic heterocycles. The van der Waals surface area contributed by atoms with Gasteiger partial charge in [0.05, 0.1) is 6.07 Å². The van der Waals surface area contributed by atoms with E-state index in [4.69, 9.17) is 0 Å². The van der Waals surface area contributed by atoms with Crippen LogP contribution in [-0.2, 0) is 5.54 Å². The molecule has 1 aliphatic carbocycles. The second-order valence-corrected chi connectivity index (χ2v) is 4.45. The Bertz CT molecular complexity index is 556. The highest BCUT2D eigenvalue weighted by Crippen LogP contribution is 2.37. The number of aromatic nitrogens is 2. The predicted octanol–water partition coefficient (Wildman–Crippen LogP) is 2.83. The zero-order valence-electron chi connectivity index (χ0n) is 9.06. The van der Waals surface area contributed by atoms with Gasteiger partial charge in [0.2, 0.25) is 0 Å². The third-order valence-corrected chi connectivity index (χ3v) is 3.55. The van der Waals surface area contributed by atoms with E-state index in [1.54, 1.807) is 6.20 Å². The summed E-state index contributed by atoms with van der Waals surface area (Å²) in [6.07, 6.45) is 7.97. The molecule has 0 amide bonds. The molecular weight excluding hydrogens is 198 g/mol. The van der Waals surface area contributed by atoms with Crippen LogP contribution in [0.4, 0.5) is 0 Å². The Morgan fingerprint density at radius 2 is 2.12 bits per heavy atom. The highest BCUT2D eigenvalue weighted by atomic mass is 15.1. The Kier molecular flexibility index (Phi) is 1.97. The highest BCUT2D eigenvalue weighted by Gasteiger charge is 2.36. The molecule has 16 heavy (non-hydrogen) atoms. The average molecular weight is 211 g/mol. The summed E-state index contributed by atoms with van der Waals surface area (Å²) in [6.45, 7) is 0. The Morgan fingerprint density at radius 3 is 2.88 bits per heavy atom. The van der Waals surface area contributed by atoms with Crippen LogP contribution < -0.4 is 0 Å². The zero-order valence-corrected chi connectivity index (χ0v) is 9.06. The van der Waals surface area contributed by atoms with Gasteiger partial charge in [0.25, 0.3) is 0 Å². The Hall–Kier alpha value is -1.82. The van der Waals surface area contributed by atoms with Crippen molar-refractivity contribution in [3.63, 3.8) is 0 Å². The van der Waals surface area contributed by atoms with Gasteiger partial charge in [-0.1, -0.05) is 0 Å². The number of rotatable bonds is 1. The number of pyridine rings is 1. The summed E-state index contributed by atoms with van der Waals surface area (Å²) >= 11 is 0. The molecule has 3 rings (SSSR count). The van der Waals surface area contributed by atoms with Gasteiger partial charge in [0, 0.05) is 17.8 Å². The van der Waals surface area contributed by atoms with E-state index in [0.717, 1.165) is 36.7 Å². The minimum Gasteiger partial charge on any atom is -0.313 e. The maximum Gasteiger partial charge on any atom is 0.141 e. The molecule has 1 aliphatic rings. The van der Waals surface area contributed by atoms with Crippen LogP contribution >= 0.6 is 0 Å². The third-order valence-electron chi connectivity index (χ3n) is 3.55. The van der Waals surface area contributed by atoms with Gasteiger partial charge >= 0.3 is 0 Å². The van der Waals surface area contributed by atoms with E-state index >= 15 is 0 Å². The van der Waals surface area contributed by atoms with E-state index in [1.807, 2.05) is 24.4 Å². The van der Waals surface area contributed by atoms with Crippen LogP contribution in [-0.4, -0.2) is 9.55 Å². The van der Waals surface area contributed by atoms with Crippen molar-refractivity contribution in [3.8, 4) is 6.07 Å². The molecule has 2 aromatic heterocycles. The maximum absolute atomic E-state index is 9.45. The first-order valence-corrected chi connectivity index (χ1v) is 5.70. The van der Waals surface area contributed by atoms with Crippen molar-refractivity contribution < 1.29 is 0 Å². The first kappa shape index (κ1) is 9.41. The molecule has 2 heterocycles. The van der Waals surface area contributed by atoms with Gasteiger partial charge < -0.3 is 4.57 Å². The fourth-order valence-corrected chi connectivity index (χ4v) is 2.68. The molecule has 0 radical (unpaired) electrons. The third kappa shape index (κ3) is 1.16. The minimum absolute atomic E-state index is 0.351. The normalized spacial score (nSPS) is 18.7. The van der Waals surface area contributed by atoms with Crippen LogP contribution in [0.3, 0.4) is 0 Å². The van der Waals surface area contributed by atoms with Crippen molar-refractivity contribution in [1.29, 1.82) is 5.26 Å². The molecule has 1 saturated carbocycles. The van der Waals surface area contributed by atoms with E-state index in [2.05, 4.69) is 15.6 Å². The van der Waals surface area contributed by atoms with Crippen LogP contribution in [0.15, 0.2) is 30.6 Å². The molecule has 1 fully saturated rings. The molecular formula is C13H13N3. The number of hydrogen-bond donors (Lipinski definition) is 0. The van der Waals surface area contributed by atoms with Crippen molar-refractivity contribution in [2.75, 3.05) is 0 Å². The Balaban J connectivity index is 2.22. The van der Waals surface area contributed by atoms with Crippen molar-refractivity contribution in [3.05, 3.63) is 30.6 Å². The van der Waals surface area contributed by atoms with Crippen LogP contribution in [0, 0.1) is 11.3 Å². The quantitative estimate of drug-likeness (QED) is 0.727.